The van der Waals surface area contributed by atoms with Crippen molar-refractivity contribution in [2.75, 3.05) is 0 Å². The largest absolute Gasteiger partial charge is 0.432 e. The van der Waals surface area contributed by atoms with Crippen molar-refractivity contribution < 1.29 is 31.1 Å². The molecule has 5 rings (SSSR count). The Hall–Kier alpha value is -2.67. The Morgan fingerprint density at radius 1 is 0.700 bits per heavy atom. The zero-order valence-electron chi connectivity index (χ0n) is 22.1. The van der Waals surface area contributed by atoms with Gasteiger partial charge in [0.15, 0.2) is 0 Å². The molecule has 0 radical (unpaired) electrons. The van der Waals surface area contributed by atoms with Gasteiger partial charge in [-0.25, -0.2) is 17.6 Å². The summed E-state index contributed by atoms with van der Waals surface area (Å²) in [5, 5.41) is -0.715. The maximum atomic E-state index is 15.1. The fraction of sp³-hybridized carbons (Fsp3) is 0.438. The summed E-state index contributed by atoms with van der Waals surface area (Å²) in [6, 6.07) is 10.2. The Bertz CT molecular complexity index is 1340. The summed E-state index contributed by atoms with van der Waals surface area (Å²) in [5.74, 6) is -3.94. The third-order valence-corrected chi connectivity index (χ3v) is 9.00. The lowest BCUT2D eigenvalue weighted by Crippen LogP contribution is -2.37. The summed E-state index contributed by atoms with van der Waals surface area (Å²) in [7, 11) is 0. The fourth-order valence-electron chi connectivity index (χ4n) is 6.21. The topological polar surface area (TPSA) is 9.23 Å². The minimum absolute atomic E-state index is 0.123. The molecule has 2 aliphatic carbocycles. The molecule has 0 spiro atoms. The SMILES string of the molecule is CC1CCC(c2ccc(C3CCC(C(F)(F)Oc4ccc(-c5cc(F)c(Cl)c(F)c5)c(F)c4)CC3)c(F)c2)CC1. The van der Waals surface area contributed by atoms with Crippen molar-refractivity contribution >= 4 is 11.6 Å². The van der Waals surface area contributed by atoms with Gasteiger partial charge in [-0.3, -0.25) is 0 Å². The van der Waals surface area contributed by atoms with E-state index in [-0.39, 0.29) is 35.7 Å². The van der Waals surface area contributed by atoms with Gasteiger partial charge >= 0.3 is 6.11 Å². The van der Waals surface area contributed by atoms with E-state index in [1.54, 1.807) is 6.07 Å². The van der Waals surface area contributed by atoms with Crippen molar-refractivity contribution in [1.29, 1.82) is 0 Å². The van der Waals surface area contributed by atoms with Crippen LogP contribution in [0.1, 0.15) is 81.3 Å². The third-order valence-electron chi connectivity index (χ3n) is 8.64. The highest BCUT2D eigenvalue weighted by molar-refractivity contribution is 6.31. The molecule has 0 saturated heterocycles. The van der Waals surface area contributed by atoms with Crippen LogP contribution in [0.2, 0.25) is 5.02 Å². The van der Waals surface area contributed by atoms with Gasteiger partial charge in [0.05, 0.1) is 5.92 Å². The molecule has 3 aromatic rings. The first kappa shape index (κ1) is 28.8. The highest BCUT2D eigenvalue weighted by Gasteiger charge is 2.44. The predicted octanol–water partition coefficient (Wildman–Crippen LogP) is 10.8. The highest BCUT2D eigenvalue weighted by atomic mass is 35.5. The Morgan fingerprint density at radius 2 is 1.32 bits per heavy atom. The zero-order chi connectivity index (χ0) is 28.6. The summed E-state index contributed by atoms with van der Waals surface area (Å²) in [6.07, 6.45) is 1.88. The second kappa shape index (κ2) is 11.7. The molecule has 2 saturated carbocycles. The molecule has 214 valence electrons. The van der Waals surface area contributed by atoms with E-state index in [0.717, 1.165) is 61.6 Å². The molecule has 3 aromatic carbocycles. The van der Waals surface area contributed by atoms with Crippen molar-refractivity contribution in [3.05, 3.63) is 87.9 Å². The molecular weight excluding hydrogens is 550 g/mol. The Labute approximate surface area is 235 Å². The van der Waals surface area contributed by atoms with Crippen LogP contribution in [0.25, 0.3) is 11.1 Å². The van der Waals surface area contributed by atoms with E-state index in [2.05, 4.69) is 6.92 Å². The molecule has 0 amide bonds. The van der Waals surface area contributed by atoms with Crippen molar-refractivity contribution in [1.82, 2.24) is 0 Å². The minimum atomic E-state index is -3.57. The quantitative estimate of drug-likeness (QED) is 0.208. The average Bonchev–Trinajstić information content (AvgIpc) is 2.92. The van der Waals surface area contributed by atoms with Crippen molar-refractivity contribution in [2.24, 2.45) is 11.8 Å². The van der Waals surface area contributed by atoms with Crippen LogP contribution in [-0.2, 0) is 0 Å². The Kier molecular flexibility index (Phi) is 8.42. The third kappa shape index (κ3) is 6.14. The first-order chi connectivity index (χ1) is 19.0. The van der Waals surface area contributed by atoms with Gasteiger partial charge in [-0.2, -0.15) is 8.78 Å². The van der Waals surface area contributed by atoms with Crippen molar-refractivity contribution in [2.45, 2.75) is 76.2 Å². The molecular formula is C32H31ClF6O. The van der Waals surface area contributed by atoms with Gasteiger partial charge in [0.1, 0.15) is 34.0 Å². The number of rotatable bonds is 6. The summed E-state index contributed by atoms with van der Waals surface area (Å²) in [6.45, 7) is 2.24. The first-order valence-corrected chi connectivity index (χ1v) is 14.2. The van der Waals surface area contributed by atoms with Crippen LogP contribution in [0.4, 0.5) is 26.3 Å². The molecule has 0 bridgehead atoms. The molecule has 8 heteroatoms. The molecule has 0 unspecified atom stereocenters. The van der Waals surface area contributed by atoms with Crippen LogP contribution in [0.5, 0.6) is 5.75 Å². The number of benzene rings is 3. The van der Waals surface area contributed by atoms with Gasteiger partial charge in [0.25, 0.3) is 0 Å². The van der Waals surface area contributed by atoms with Crippen molar-refractivity contribution in [3.8, 4) is 16.9 Å². The lowest BCUT2D eigenvalue weighted by atomic mass is 9.76. The summed E-state index contributed by atoms with van der Waals surface area (Å²) >= 11 is 5.47. The van der Waals surface area contributed by atoms with Crippen molar-refractivity contribution in [3.63, 3.8) is 0 Å². The van der Waals surface area contributed by atoms with Gasteiger partial charge in [0.2, 0.25) is 0 Å². The fourth-order valence-corrected chi connectivity index (χ4v) is 6.32. The lowest BCUT2D eigenvalue weighted by Gasteiger charge is -2.34. The van der Waals surface area contributed by atoms with E-state index in [4.69, 9.17) is 16.3 Å². The molecule has 0 aliphatic heterocycles. The molecule has 2 aliphatic rings. The number of hydrogen-bond donors (Lipinski definition) is 0. The van der Waals surface area contributed by atoms with Crippen LogP contribution in [-0.4, -0.2) is 6.11 Å². The highest BCUT2D eigenvalue weighted by Crippen LogP contribution is 2.45. The van der Waals surface area contributed by atoms with E-state index in [9.17, 15) is 13.2 Å². The van der Waals surface area contributed by atoms with E-state index < -0.39 is 40.3 Å². The summed E-state index contributed by atoms with van der Waals surface area (Å²) in [4.78, 5) is 0. The minimum Gasteiger partial charge on any atom is -0.432 e. The van der Waals surface area contributed by atoms with Crippen LogP contribution < -0.4 is 4.74 Å². The zero-order valence-corrected chi connectivity index (χ0v) is 22.9. The maximum Gasteiger partial charge on any atom is 0.400 e. The van der Waals surface area contributed by atoms with Crippen LogP contribution >= 0.6 is 11.6 Å². The van der Waals surface area contributed by atoms with Gasteiger partial charge in [0, 0.05) is 11.6 Å². The number of halogens is 7. The molecule has 0 heterocycles. The lowest BCUT2D eigenvalue weighted by molar-refractivity contribution is -0.222. The standard InChI is InChI=1S/C32H31ClF6O/c1-18-2-4-19(5-3-18)21-8-12-25(27(34)14-21)20-6-9-23(10-7-20)32(38,39)40-24-11-13-26(28(35)17-24)22-15-29(36)31(33)30(37)16-22/h8,11-20,23H,2-7,9-10H2,1H3. The number of ether oxygens (including phenoxy) is 1. The van der Waals surface area contributed by atoms with E-state index in [0.29, 0.717) is 30.2 Å². The Balaban J connectivity index is 1.21. The second-order valence-corrected chi connectivity index (χ2v) is 11.7. The molecule has 1 nitrogen and oxygen atoms in total. The van der Waals surface area contributed by atoms with Crippen LogP contribution in [0.15, 0.2) is 48.5 Å². The van der Waals surface area contributed by atoms with Crippen LogP contribution in [0, 0.1) is 35.1 Å². The average molecular weight is 581 g/mol. The molecule has 2 fully saturated rings. The molecule has 0 N–H and O–H groups in total. The van der Waals surface area contributed by atoms with Gasteiger partial charge in [-0.15, -0.1) is 0 Å². The molecule has 40 heavy (non-hydrogen) atoms. The van der Waals surface area contributed by atoms with Crippen LogP contribution in [0.3, 0.4) is 0 Å². The molecule has 0 aromatic heterocycles. The van der Waals surface area contributed by atoms with Gasteiger partial charge in [-0.1, -0.05) is 43.5 Å². The number of hydrogen-bond acceptors (Lipinski definition) is 1. The maximum absolute atomic E-state index is 15.1. The summed E-state index contributed by atoms with van der Waals surface area (Å²) < 4.78 is 92.4. The smallest absolute Gasteiger partial charge is 0.400 e. The van der Waals surface area contributed by atoms with E-state index in [1.807, 2.05) is 12.1 Å². The van der Waals surface area contributed by atoms with E-state index in [1.165, 1.54) is 0 Å². The van der Waals surface area contributed by atoms with Gasteiger partial charge < -0.3 is 4.74 Å². The van der Waals surface area contributed by atoms with Gasteiger partial charge in [-0.05, 0) is 103 Å². The second-order valence-electron chi connectivity index (χ2n) is 11.3. The first-order valence-electron chi connectivity index (χ1n) is 13.8. The molecule has 0 atom stereocenters. The predicted molar refractivity (Wildman–Crippen MR) is 144 cm³/mol. The normalized spacial score (nSPS) is 23.7. The van der Waals surface area contributed by atoms with E-state index >= 15 is 13.2 Å². The number of alkyl halides is 2. The Morgan fingerprint density at radius 3 is 1.93 bits per heavy atom. The monoisotopic (exact) mass is 580 g/mol. The summed E-state index contributed by atoms with van der Waals surface area (Å²) in [5.41, 5.74) is 1.29.